The highest BCUT2D eigenvalue weighted by molar-refractivity contribution is 5.73. The zero-order valence-corrected chi connectivity index (χ0v) is 5.99. The lowest BCUT2D eigenvalue weighted by molar-refractivity contribution is 1.34. The average Bonchev–Trinajstić information content (AvgIpc) is 2.55. The van der Waals surface area contributed by atoms with Crippen molar-refractivity contribution in [2.24, 2.45) is 0 Å². The standard InChI is InChI=1S/C7H6N2.C2H2/c1-2-4-7-6(3-1)8-5-9-7;1-2/h1-5H,(H,8,9);1-2H. The first-order valence-electron chi connectivity index (χ1n) is 3.18. The van der Waals surface area contributed by atoms with Crippen molar-refractivity contribution in [3.05, 3.63) is 30.6 Å². The number of fused-ring (bicyclic) bond motifs is 1. The molecule has 11 heavy (non-hydrogen) atoms. The van der Waals surface area contributed by atoms with E-state index in [4.69, 9.17) is 0 Å². The molecule has 0 saturated heterocycles. The van der Waals surface area contributed by atoms with E-state index in [2.05, 4.69) is 22.8 Å². The summed E-state index contributed by atoms with van der Waals surface area (Å²) in [5, 5.41) is 0. The van der Waals surface area contributed by atoms with Crippen LogP contribution < -0.4 is 0 Å². The molecule has 0 radical (unpaired) electrons. The maximum Gasteiger partial charge on any atom is 0.0931 e. The van der Waals surface area contributed by atoms with Crippen LogP contribution in [0.5, 0.6) is 0 Å². The van der Waals surface area contributed by atoms with E-state index in [1.165, 1.54) is 0 Å². The lowest BCUT2D eigenvalue weighted by Crippen LogP contribution is -1.63. The molecule has 1 aromatic carbocycles. The van der Waals surface area contributed by atoms with Crippen LogP contribution in [0.1, 0.15) is 0 Å². The molecule has 1 N–H and O–H groups in total. The molecule has 2 aromatic rings. The summed E-state index contributed by atoms with van der Waals surface area (Å²) in [5.74, 6) is 0. The number of terminal acetylenes is 1. The average molecular weight is 144 g/mol. The predicted molar refractivity (Wildman–Crippen MR) is 46.0 cm³/mol. The molecule has 1 aromatic heterocycles. The van der Waals surface area contributed by atoms with Crippen LogP contribution in [0.15, 0.2) is 30.6 Å². The SMILES string of the molecule is C#C.c1ccc2[nH]cnc2c1. The lowest BCUT2D eigenvalue weighted by atomic mass is 10.3. The number of para-hydroxylation sites is 2. The van der Waals surface area contributed by atoms with E-state index in [1.807, 2.05) is 24.3 Å². The van der Waals surface area contributed by atoms with Gasteiger partial charge < -0.3 is 4.98 Å². The Bertz CT molecular complexity index is 316. The first-order valence-corrected chi connectivity index (χ1v) is 3.18. The fourth-order valence-electron chi connectivity index (χ4n) is 0.880. The van der Waals surface area contributed by atoms with Gasteiger partial charge in [0.2, 0.25) is 0 Å². The summed E-state index contributed by atoms with van der Waals surface area (Å²) in [6.45, 7) is 0. The molecule has 0 aliphatic carbocycles. The molecule has 0 atom stereocenters. The molecule has 2 nitrogen and oxygen atoms in total. The minimum absolute atomic E-state index is 1.03. The van der Waals surface area contributed by atoms with Gasteiger partial charge in [-0.15, -0.1) is 12.8 Å². The number of benzene rings is 1. The van der Waals surface area contributed by atoms with Crippen LogP contribution in [-0.4, -0.2) is 9.97 Å². The van der Waals surface area contributed by atoms with Gasteiger partial charge in [-0.3, -0.25) is 0 Å². The minimum Gasteiger partial charge on any atom is -0.345 e. The summed E-state index contributed by atoms with van der Waals surface area (Å²) in [5.41, 5.74) is 2.12. The van der Waals surface area contributed by atoms with Crippen LogP contribution in [-0.2, 0) is 0 Å². The molecule has 0 spiro atoms. The third-order valence-corrected chi connectivity index (χ3v) is 1.33. The van der Waals surface area contributed by atoms with Crippen molar-refractivity contribution in [1.82, 2.24) is 9.97 Å². The van der Waals surface area contributed by atoms with Gasteiger partial charge in [0.05, 0.1) is 17.4 Å². The van der Waals surface area contributed by atoms with E-state index >= 15 is 0 Å². The molecule has 0 aliphatic rings. The topological polar surface area (TPSA) is 28.7 Å². The Morgan fingerprint density at radius 1 is 1.18 bits per heavy atom. The normalized spacial score (nSPS) is 8.55. The van der Waals surface area contributed by atoms with Crippen molar-refractivity contribution in [1.29, 1.82) is 0 Å². The molecule has 0 amide bonds. The van der Waals surface area contributed by atoms with E-state index in [9.17, 15) is 0 Å². The monoisotopic (exact) mass is 144 g/mol. The third kappa shape index (κ3) is 1.39. The van der Waals surface area contributed by atoms with Crippen LogP contribution in [0.25, 0.3) is 11.0 Å². The molecule has 2 rings (SSSR count). The Kier molecular flexibility index (Phi) is 2.29. The minimum atomic E-state index is 1.03. The van der Waals surface area contributed by atoms with Gasteiger partial charge >= 0.3 is 0 Å². The number of H-pyrrole nitrogens is 1. The van der Waals surface area contributed by atoms with Gasteiger partial charge in [0.15, 0.2) is 0 Å². The number of rotatable bonds is 0. The number of hydrogen-bond acceptors (Lipinski definition) is 1. The Labute approximate surface area is 65.3 Å². The molecule has 0 saturated carbocycles. The maximum atomic E-state index is 4.06. The number of hydrogen-bond donors (Lipinski definition) is 1. The number of aromatic nitrogens is 2. The quantitative estimate of drug-likeness (QED) is 0.561. The summed E-state index contributed by atoms with van der Waals surface area (Å²) in [6.07, 6.45) is 9.70. The highest BCUT2D eigenvalue weighted by atomic mass is 14.9. The Balaban J connectivity index is 0.000000281. The highest BCUT2D eigenvalue weighted by Crippen LogP contribution is 2.05. The molecule has 0 fully saturated rings. The molecule has 1 heterocycles. The smallest absolute Gasteiger partial charge is 0.0931 e. The first-order chi connectivity index (χ1) is 5.47. The van der Waals surface area contributed by atoms with Crippen LogP contribution in [0.3, 0.4) is 0 Å². The molecule has 0 bridgehead atoms. The second kappa shape index (κ2) is 3.43. The summed E-state index contributed by atoms with van der Waals surface area (Å²) < 4.78 is 0. The first kappa shape index (κ1) is 7.36. The zero-order chi connectivity index (χ0) is 8.10. The van der Waals surface area contributed by atoms with Crippen LogP contribution in [0.2, 0.25) is 0 Å². The molecular formula is C9H8N2. The fraction of sp³-hybridized carbons (Fsp3) is 0. The van der Waals surface area contributed by atoms with Crippen molar-refractivity contribution in [2.75, 3.05) is 0 Å². The summed E-state index contributed by atoms with van der Waals surface area (Å²) >= 11 is 0. The molecule has 0 unspecified atom stereocenters. The number of nitrogens with zero attached hydrogens (tertiary/aromatic N) is 1. The predicted octanol–water partition coefficient (Wildman–Crippen LogP) is 1.81. The Morgan fingerprint density at radius 3 is 2.64 bits per heavy atom. The van der Waals surface area contributed by atoms with E-state index in [0.29, 0.717) is 0 Å². The van der Waals surface area contributed by atoms with Gasteiger partial charge in [-0.25, -0.2) is 4.98 Å². The van der Waals surface area contributed by atoms with Crippen molar-refractivity contribution >= 4 is 11.0 Å². The van der Waals surface area contributed by atoms with Crippen molar-refractivity contribution in [3.8, 4) is 12.8 Å². The van der Waals surface area contributed by atoms with Crippen LogP contribution in [0.4, 0.5) is 0 Å². The van der Waals surface area contributed by atoms with Gasteiger partial charge in [-0.2, -0.15) is 0 Å². The second-order valence-corrected chi connectivity index (χ2v) is 1.92. The van der Waals surface area contributed by atoms with Crippen molar-refractivity contribution in [2.45, 2.75) is 0 Å². The van der Waals surface area contributed by atoms with E-state index in [1.54, 1.807) is 6.33 Å². The third-order valence-electron chi connectivity index (χ3n) is 1.33. The molecule has 2 heteroatoms. The van der Waals surface area contributed by atoms with Gasteiger partial charge in [-0.05, 0) is 12.1 Å². The number of aromatic amines is 1. The van der Waals surface area contributed by atoms with Crippen molar-refractivity contribution < 1.29 is 0 Å². The van der Waals surface area contributed by atoms with Gasteiger partial charge in [0, 0.05) is 0 Å². The number of nitrogens with one attached hydrogen (secondary N) is 1. The highest BCUT2D eigenvalue weighted by Gasteiger charge is 1.88. The Morgan fingerprint density at radius 2 is 1.91 bits per heavy atom. The summed E-state index contributed by atoms with van der Waals surface area (Å²) in [4.78, 5) is 7.07. The maximum absolute atomic E-state index is 4.06. The second-order valence-electron chi connectivity index (χ2n) is 1.92. The van der Waals surface area contributed by atoms with E-state index < -0.39 is 0 Å². The molecule has 54 valence electrons. The molecular weight excluding hydrogens is 136 g/mol. The largest absolute Gasteiger partial charge is 0.345 e. The van der Waals surface area contributed by atoms with Crippen LogP contribution in [0, 0.1) is 12.8 Å². The van der Waals surface area contributed by atoms with E-state index in [-0.39, 0.29) is 0 Å². The fourth-order valence-corrected chi connectivity index (χ4v) is 0.880. The van der Waals surface area contributed by atoms with Gasteiger partial charge in [0.1, 0.15) is 0 Å². The van der Waals surface area contributed by atoms with Gasteiger partial charge in [0.25, 0.3) is 0 Å². The zero-order valence-electron chi connectivity index (χ0n) is 5.99. The Hall–Kier alpha value is -1.75. The lowest BCUT2D eigenvalue weighted by Gasteiger charge is -1.81. The van der Waals surface area contributed by atoms with Gasteiger partial charge in [-0.1, -0.05) is 12.1 Å². The van der Waals surface area contributed by atoms with E-state index in [0.717, 1.165) is 11.0 Å². The number of imidazole rings is 1. The van der Waals surface area contributed by atoms with Crippen LogP contribution >= 0.6 is 0 Å². The molecule has 0 aliphatic heterocycles. The van der Waals surface area contributed by atoms with Crippen molar-refractivity contribution in [3.63, 3.8) is 0 Å². The summed E-state index contributed by atoms with van der Waals surface area (Å²) in [7, 11) is 0. The summed E-state index contributed by atoms with van der Waals surface area (Å²) in [6, 6.07) is 7.94.